The molecule has 4 heteroatoms. The van der Waals surface area contributed by atoms with Gasteiger partial charge in [-0.05, 0) is 11.6 Å². The van der Waals surface area contributed by atoms with Gasteiger partial charge in [0, 0.05) is 16.6 Å². The first kappa shape index (κ1) is 10.3. The van der Waals surface area contributed by atoms with Crippen molar-refractivity contribution in [2.75, 3.05) is 0 Å². The summed E-state index contributed by atoms with van der Waals surface area (Å²) in [6.07, 6.45) is -0.587. The average molecular weight is 233 g/mol. The molecule has 1 aromatic carbocycles. The number of aliphatic hydroxyl groups is 1. The van der Waals surface area contributed by atoms with Crippen molar-refractivity contribution < 1.29 is 9.50 Å². The molecule has 14 heavy (non-hydrogen) atoms. The molecular formula is C10H10ClFOS. The molecular weight excluding hydrogens is 223 g/mol. The van der Waals surface area contributed by atoms with Crippen molar-refractivity contribution >= 4 is 23.4 Å². The molecule has 0 saturated carbocycles. The molecule has 0 aliphatic carbocycles. The van der Waals surface area contributed by atoms with Crippen LogP contribution >= 0.6 is 23.4 Å². The van der Waals surface area contributed by atoms with E-state index in [0.717, 1.165) is 0 Å². The summed E-state index contributed by atoms with van der Waals surface area (Å²) in [6, 6.07) is 3.21. The van der Waals surface area contributed by atoms with E-state index in [4.69, 9.17) is 11.6 Å². The summed E-state index contributed by atoms with van der Waals surface area (Å²) < 4.78 is 13.5. The Morgan fingerprint density at radius 2 is 2.29 bits per heavy atom. The van der Waals surface area contributed by atoms with Crippen LogP contribution in [0.5, 0.6) is 0 Å². The lowest BCUT2D eigenvalue weighted by Gasteiger charge is -2.27. The zero-order valence-electron chi connectivity index (χ0n) is 7.63. The molecule has 0 saturated heterocycles. The van der Waals surface area contributed by atoms with Gasteiger partial charge in [-0.25, -0.2) is 4.39 Å². The molecule has 0 aromatic heterocycles. The van der Waals surface area contributed by atoms with Crippen LogP contribution < -0.4 is 0 Å². The van der Waals surface area contributed by atoms with Crippen LogP contribution in [0.25, 0.3) is 0 Å². The van der Waals surface area contributed by atoms with Crippen molar-refractivity contribution in [3.63, 3.8) is 0 Å². The lowest BCUT2D eigenvalue weighted by atomic mass is 10.0. The van der Waals surface area contributed by atoms with Gasteiger partial charge in [-0.2, -0.15) is 11.8 Å². The standard InChI is InChI=1S/C10H10ClFOS/c1-5-10(13)6-2-3-8(11)9(12)7(6)4-14-5/h2-3,5,10,13H,4H2,1H3. The lowest BCUT2D eigenvalue weighted by Crippen LogP contribution is -2.19. The first-order chi connectivity index (χ1) is 6.61. The average Bonchev–Trinajstić information content (AvgIpc) is 2.17. The predicted octanol–water partition coefficient (Wildman–Crippen LogP) is 3.15. The molecule has 1 aromatic rings. The molecule has 0 radical (unpaired) electrons. The molecule has 76 valence electrons. The Morgan fingerprint density at radius 3 is 3.00 bits per heavy atom. The molecule has 0 bridgehead atoms. The maximum Gasteiger partial charge on any atom is 0.146 e. The monoisotopic (exact) mass is 232 g/mol. The van der Waals surface area contributed by atoms with Gasteiger partial charge in [0.05, 0.1) is 11.1 Å². The second-order valence-electron chi connectivity index (χ2n) is 3.39. The number of fused-ring (bicyclic) bond motifs is 1. The fourth-order valence-corrected chi connectivity index (χ4v) is 2.82. The minimum atomic E-state index is -0.587. The SMILES string of the molecule is CC1SCc2c(ccc(Cl)c2F)C1O. The molecule has 0 amide bonds. The van der Waals surface area contributed by atoms with Crippen LogP contribution in [0.4, 0.5) is 4.39 Å². The van der Waals surface area contributed by atoms with Crippen molar-refractivity contribution in [1.29, 1.82) is 0 Å². The van der Waals surface area contributed by atoms with Crippen molar-refractivity contribution in [3.8, 4) is 0 Å². The first-order valence-corrected chi connectivity index (χ1v) is 5.80. The minimum absolute atomic E-state index is 0.114. The van der Waals surface area contributed by atoms with Crippen LogP contribution in [0.3, 0.4) is 0 Å². The van der Waals surface area contributed by atoms with Gasteiger partial charge in [-0.15, -0.1) is 0 Å². The van der Waals surface area contributed by atoms with E-state index in [1.807, 2.05) is 6.92 Å². The quantitative estimate of drug-likeness (QED) is 0.742. The Morgan fingerprint density at radius 1 is 1.57 bits per heavy atom. The van der Waals surface area contributed by atoms with Crippen LogP contribution in [0.15, 0.2) is 12.1 Å². The molecule has 2 unspecified atom stereocenters. The van der Waals surface area contributed by atoms with E-state index >= 15 is 0 Å². The van der Waals surface area contributed by atoms with Crippen LogP contribution in [-0.2, 0) is 5.75 Å². The van der Waals surface area contributed by atoms with Gasteiger partial charge in [0.2, 0.25) is 0 Å². The zero-order valence-corrected chi connectivity index (χ0v) is 9.20. The summed E-state index contributed by atoms with van der Waals surface area (Å²) in [6.45, 7) is 1.94. The predicted molar refractivity (Wildman–Crippen MR) is 57.1 cm³/mol. The van der Waals surface area contributed by atoms with E-state index in [9.17, 15) is 9.50 Å². The Kier molecular flexibility index (Phi) is 2.73. The molecule has 2 atom stereocenters. The smallest absolute Gasteiger partial charge is 0.146 e. The molecule has 1 N–H and O–H groups in total. The van der Waals surface area contributed by atoms with Crippen LogP contribution in [0.2, 0.25) is 5.02 Å². The third kappa shape index (κ3) is 1.53. The van der Waals surface area contributed by atoms with E-state index < -0.39 is 6.10 Å². The summed E-state index contributed by atoms with van der Waals surface area (Å²) in [5.41, 5.74) is 1.23. The molecule has 1 aliphatic heterocycles. The van der Waals surface area contributed by atoms with Crippen molar-refractivity contribution in [1.82, 2.24) is 0 Å². The van der Waals surface area contributed by atoms with E-state index in [-0.39, 0.29) is 16.1 Å². The van der Waals surface area contributed by atoms with Crippen LogP contribution in [0.1, 0.15) is 24.2 Å². The fraction of sp³-hybridized carbons (Fsp3) is 0.400. The van der Waals surface area contributed by atoms with E-state index in [0.29, 0.717) is 16.9 Å². The fourth-order valence-electron chi connectivity index (χ4n) is 1.59. The molecule has 1 nitrogen and oxygen atoms in total. The summed E-state index contributed by atoms with van der Waals surface area (Å²) in [5, 5.41) is 10.1. The van der Waals surface area contributed by atoms with Crippen molar-refractivity contribution in [2.45, 2.75) is 24.0 Å². The summed E-state index contributed by atoms with van der Waals surface area (Å²) in [5.74, 6) is 0.197. The van der Waals surface area contributed by atoms with Crippen molar-refractivity contribution in [2.24, 2.45) is 0 Å². The Balaban J connectivity index is 2.53. The third-order valence-corrected chi connectivity index (χ3v) is 4.02. The molecule has 1 aliphatic rings. The highest BCUT2D eigenvalue weighted by Gasteiger charge is 2.27. The number of benzene rings is 1. The van der Waals surface area contributed by atoms with Gasteiger partial charge in [0.15, 0.2) is 0 Å². The van der Waals surface area contributed by atoms with Crippen LogP contribution in [0, 0.1) is 5.82 Å². The molecule has 1 heterocycles. The maximum absolute atomic E-state index is 13.5. The number of halogens is 2. The highest BCUT2D eigenvalue weighted by atomic mass is 35.5. The molecule has 2 rings (SSSR count). The van der Waals surface area contributed by atoms with Gasteiger partial charge in [0.25, 0.3) is 0 Å². The summed E-state index contributed by atoms with van der Waals surface area (Å²) in [4.78, 5) is 0. The molecule has 0 fully saturated rings. The highest BCUT2D eigenvalue weighted by molar-refractivity contribution is 7.99. The number of hydrogen-bond acceptors (Lipinski definition) is 2. The number of aliphatic hydroxyl groups excluding tert-OH is 1. The van der Waals surface area contributed by atoms with Gasteiger partial charge in [0.1, 0.15) is 5.82 Å². The highest BCUT2D eigenvalue weighted by Crippen LogP contribution is 2.39. The first-order valence-electron chi connectivity index (χ1n) is 4.37. The van der Waals surface area contributed by atoms with Gasteiger partial charge in [-0.3, -0.25) is 0 Å². The zero-order chi connectivity index (χ0) is 10.3. The summed E-state index contributed by atoms with van der Waals surface area (Å²) in [7, 11) is 0. The third-order valence-electron chi connectivity index (χ3n) is 2.49. The Labute approximate surface area is 91.3 Å². The van der Waals surface area contributed by atoms with E-state index in [2.05, 4.69) is 0 Å². The van der Waals surface area contributed by atoms with E-state index in [1.54, 1.807) is 17.8 Å². The number of hydrogen-bond donors (Lipinski definition) is 1. The second kappa shape index (κ2) is 3.72. The Bertz CT molecular complexity index is 369. The van der Waals surface area contributed by atoms with Gasteiger partial charge >= 0.3 is 0 Å². The number of thioether (sulfide) groups is 1. The molecule has 0 spiro atoms. The normalized spacial score (nSPS) is 26.0. The largest absolute Gasteiger partial charge is 0.387 e. The van der Waals surface area contributed by atoms with E-state index in [1.165, 1.54) is 6.07 Å². The second-order valence-corrected chi connectivity index (χ2v) is 5.16. The Hall–Kier alpha value is -0.250. The minimum Gasteiger partial charge on any atom is -0.387 e. The lowest BCUT2D eigenvalue weighted by molar-refractivity contribution is 0.176. The van der Waals surface area contributed by atoms with Gasteiger partial charge < -0.3 is 5.11 Å². The summed E-state index contributed by atoms with van der Waals surface area (Å²) >= 11 is 7.21. The van der Waals surface area contributed by atoms with Gasteiger partial charge in [-0.1, -0.05) is 24.6 Å². The van der Waals surface area contributed by atoms with Crippen LogP contribution in [-0.4, -0.2) is 10.4 Å². The maximum atomic E-state index is 13.5. The van der Waals surface area contributed by atoms with Crippen molar-refractivity contribution in [3.05, 3.63) is 34.1 Å². The number of rotatable bonds is 0. The topological polar surface area (TPSA) is 20.2 Å².